The molecule has 0 aliphatic heterocycles. The van der Waals surface area contributed by atoms with Crippen molar-refractivity contribution in [3.63, 3.8) is 0 Å². The molecular formula is C30H36BrN3O9. The third kappa shape index (κ3) is 10.3. The summed E-state index contributed by atoms with van der Waals surface area (Å²) >= 11 is 3.00. The highest BCUT2D eigenvalue weighted by molar-refractivity contribution is 9.09. The smallest absolute Gasteiger partial charge is 0.417 e. The lowest BCUT2D eigenvalue weighted by Gasteiger charge is -2.35. The Kier molecular flexibility index (Phi) is 14.0. The molecule has 232 valence electrons. The number of carboxylic acid groups (broad SMARTS) is 1. The third-order valence-corrected chi connectivity index (χ3v) is 7.25. The zero-order valence-electron chi connectivity index (χ0n) is 23.8. The number of Topliss-reactive ketones (excluding diaryl/α,β-unsaturated/α-hetero) is 1. The van der Waals surface area contributed by atoms with E-state index in [1.807, 2.05) is 0 Å². The van der Waals surface area contributed by atoms with Crippen molar-refractivity contribution in [2.75, 3.05) is 5.33 Å². The number of carbonyl (C=O) groups is 6. The maximum atomic E-state index is 14.2. The summed E-state index contributed by atoms with van der Waals surface area (Å²) in [5, 5.41) is 9.98. The number of nitrogens with zero attached hydrogens (tertiary/aromatic N) is 1. The van der Waals surface area contributed by atoms with Gasteiger partial charge in [0.25, 0.3) is 5.91 Å². The highest BCUT2D eigenvalue weighted by Crippen LogP contribution is 2.26. The van der Waals surface area contributed by atoms with Crippen molar-refractivity contribution in [2.24, 2.45) is 17.4 Å². The Labute approximate surface area is 257 Å². The number of aliphatic carboxylic acids is 1. The molecule has 0 aliphatic carbocycles. The molecule has 0 radical (unpaired) electrons. The van der Waals surface area contributed by atoms with Crippen LogP contribution in [0.15, 0.2) is 60.7 Å². The second-order valence-corrected chi connectivity index (χ2v) is 10.5. The Morgan fingerprint density at radius 2 is 1.44 bits per heavy atom. The average Bonchev–Trinajstić information content (AvgIpc) is 3.00. The molecule has 2 aromatic rings. The number of ether oxygens (including phenoxy) is 2. The molecule has 0 aliphatic rings. The molecule has 1 unspecified atom stereocenters. The summed E-state index contributed by atoms with van der Waals surface area (Å²) in [5.41, 5.74) is 10.4. The number of alkyl halides is 1. The van der Waals surface area contributed by atoms with E-state index in [4.69, 9.17) is 20.9 Å². The molecule has 43 heavy (non-hydrogen) atoms. The topological polar surface area (TPSA) is 196 Å². The van der Waals surface area contributed by atoms with Gasteiger partial charge in [0, 0.05) is 12.3 Å². The van der Waals surface area contributed by atoms with Crippen LogP contribution < -0.4 is 11.5 Å². The van der Waals surface area contributed by atoms with Crippen LogP contribution >= 0.6 is 15.9 Å². The summed E-state index contributed by atoms with van der Waals surface area (Å²) in [6, 6.07) is 14.9. The molecule has 12 nitrogen and oxygen atoms in total. The molecule has 0 heterocycles. The summed E-state index contributed by atoms with van der Waals surface area (Å²) in [7, 11) is 0. The zero-order chi connectivity index (χ0) is 32.0. The van der Waals surface area contributed by atoms with Gasteiger partial charge < -0.3 is 26.0 Å². The van der Waals surface area contributed by atoms with Crippen molar-refractivity contribution in [3.8, 4) is 0 Å². The Bertz CT molecular complexity index is 1280. The minimum atomic E-state index is -2.72. The lowest BCUT2D eigenvalue weighted by atomic mass is 9.83. The number of ketones is 1. The van der Waals surface area contributed by atoms with E-state index in [0.29, 0.717) is 17.5 Å². The number of esters is 1. The van der Waals surface area contributed by atoms with E-state index in [0.717, 1.165) is 0 Å². The van der Waals surface area contributed by atoms with Gasteiger partial charge in [0.05, 0.1) is 5.33 Å². The van der Waals surface area contributed by atoms with Gasteiger partial charge in [-0.25, -0.2) is 19.3 Å². The number of halogens is 1. The monoisotopic (exact) mass is 661 g/mol. The third-order valence-electron chi connectivity index (χ3n) is 6.63. The molecule has 3 atom stereocenters. The van der Waals surface area contributed by atoms with Gasteiger partial charge in [-0.2, -0.15) is 0 Å². The zero-order valence-corrected chi connectivity index (χ0v) is 25.4. The van der Waals surface area contributed by atoms with Crippen LogP contribution in [0.3, 0.4) is 0 Å². The van der Waals surface area contributed by atoms with Gasteiger partial charge in [0.2, 0.25) is 5.91 Å². The molecule has 2 aromatic carbocycles. The van der Waals surface area contributed by atoms with Crippen LogP contribution in [-0.2, 0) is 46.7 Å². The SMILES string of the molecule is CCCC(C[C@@](N)(C(=O)OCc1ccccc1)C(=O)N(C(=O)OCc1ccccc1)[C@@H](CCC(=O)CBr)C(=O)O)C(N)=O. The predicted octanol–water partition coefficient (Wildman–Crippen LogP) is 3.08. The van der Waals surface area contributed by atoms with E-state index < -0.39 is 66.0 Å². The Morgan fingerprint density at radius 3 is 1.91 bits per heavy atom. The number of carboxylic acids is 1. The Morgan fingerprint density at radius 1 is 0.907 bits per heavy atom. The number of benzene rings is 2. The van der Waals surface area contributed by atoms with Gasteiger partial charge in [-0.05, 0) is 30.4 Å². The summed E-state index contributed by atoms with van der Waals surface area (Å²) in [5.74, 6) is -6.75. The van der Waals surface area contributed by atoms with Crippen LogP contribution in [0.5, 0.6) is 0 Å². The largest absolute Gasteiger partial charge is 0.480 e. The number of nitrogens with two attached hydrogens (primary N) is 2. The van der Waals surface area contributed by atoms with Gasteiger partial charge in [0.15, 0.2) is 5.54 Å². The number of imide groups is 1. The van der Waals surface area contributed by atoms with E-state index >= 15 is 0 Å². The summed E-state index contributed by atoms with van der Waals surface area (Å²) in [6.07, 6.45) is -2.31. The number of hydrogen-bond acceptors (Lipinski definition) is 9. The van der Waals surface area contributed by atoms with Gasteiger partial charge >= 0.3 is 18.0 Å². The molecule has 0 bridgehead atoms. The fourth-order valence-electron chi connectivity index (χ4n) is 4.27. The molecule has 0 spiro atoms. The van der Waals surface area contributed by atoms with Gasteiger partial charge in [0.1, 0.15) is 25.0 Å². The van der Waals surface area contributed by atoms with Crippen molar-refractivity contribution >= 4 is 51.6 Å². The van der Waals surface area contributed by atoms with Gasteiger partial charge in [-0.15, -0.1) is 0 Å². The van der Waals surface area contributed by atoms with Crippen LogP contribution in [0.25, 0.3) is 0 Å². The molecule has 0 saturated carbocycles. The summed E-state index contributed by atoms with van der Waals surface area (Å²) in [4.78, 5) is 78.1. The van der Waals surface area contributed by atoms with E-state index in [1.54, 1.807) is 67.6 Å². The predicted molar refractivity (Wildman–Crippen MR) is 158 cm³/mol. The molecule has 0 aromatic heterocycles. The lowest BCUT2D eigenvalue weighted by molar-refractivity contribution is -0.163. The molecule has 13 heteroatoms. The molecule has 2 rings (SSSR count). The lowest BCUT2D eigenvalue weighted by Crippen LogP contribution is -2.66. The van der Waals surface area contributed by atoms with Crippen LogP contribution in [0, 0.1) is 5.92 Å². The standard InChI is InChI=1S/C30H36BrN3O9/c1-2-9-22(25(32)36)16-30(33,28(40)42-18-20-10-5-3-6-11-20)27(39)34(24(26(37)38)15-14-23(35)17-31)29(41)43-19-21-12-7-4-8-13-21/h3-8,10-13,22,24H,2,9,14-19,33H2,1H3,(H2,32,36)(H,37,38)/t22?,24-,30-/m0/s1. The quantitative estimate of drug-likeness (QED) is 0.129. The first kappa shape index (κ1) is 35.1. The molecule has 0 saturated heterocycles. The Hall–Kier alpha value is -4.10. The summed E-state index contributed by atoms with van der Waals surface area (Å²) in [6.45, 7) is 1.10. The van der Waals surface area contributed by atoms with Gasteiger partial charge in [-0.1, -0.05) is 89.9 Å². The number of carbonyl (C=O) groups excluding carboxylic acids is 5. The highest BCUT2D eigenvalue weighted by Gasteiger charge is 2.52. The summed E-state index contributed by atoms with van der Waals surface area (Å²) < 4.78 is 10.7. The Balaban J connectivity index is 2.55. The van der Waals surface area contributed by atoms with E-state index in [-0.39, 0.29) is 36.3 Å². The van der Waals surface area contributed by atoms with E-state index in [2.05, 4.69) is 15.9 Å². The second-order valence-electron chi connectivity index (χ2n) is 9.91. The first-order valence-corrected chi connectivity index (χ1v) is 14.7. The van der Waals surface area contributed by atoms with Crippen molar-refractivity contribution in [1.29, 1.82) is 0 Å². The fourth-order valence-corrected chi connectivity index (χ4v) is 4.56. The minimum absolute atomic E-state index is 0.0876. The average molecular weight is 663 g/mol. The van der Waals surface area contributed by atoms with Gasteiger partial charge in [-0.3, -0.25) is 14.4 Å². The van der Waals surface area contributed by atoms with E-state index in [1.165, 1.54) is 0 Å². The molecule has 0 fully saturated rings. The van der Waals surface area contributed by atoms with Crippen LogP contribution in [0.4, 0.5) is 4.79 Å². The van der Waals surface area contributed by atoms with Crippen molar-refractivity contribution < 1.29 is 43.3 Å². The van der Waals surface area contributed by atoms with Crippen molar-refractivity contribution in [1.82, 2.24) is 4.90 Å². The number of amides is 3. The van der Waals surface area contributed by atoms with Crippen LogP contribution in [0.1, 0.15) is 50.2 Å². The number of hydrogen-bond donors (Lipinski definition) is 3. The maximum absolute atomic E-state index is 14.2. The van der Waals surface area contributed by atoms with Crippen molar-refractivity contribution in [2.45, 2.75) is 63.8 Å². The molecule has 5 N–H and O–H groups in total. The number of primary amides is 1. The second kappa shape index (κ2) is 17.1. The normalized spacial score (nSPS) is 13.6. The van der Waals surface area contributed by atoms with Crippen molar-refractivity contribution in [3.05, 3.63) is 71.8 Å². The van der Waals surface area contributed by atoms with Crippen LogP contribution in [0.2, 0.25) is 0 Å². The fraction of sp³-hybridized carbons (Fsp3) is 0.400. The maximum Gasteiger partial charge on any atom is 0.417 e. The van der Waals surface area contributed by atoms with E-state index in [9.17, 15) is 33.9 Å². The minimum Gasteiger partial charge on any atom is -0.480 e. The molecular weight excluding hydrogens is 626 g/mol. The number of rotatable bonds is 17. The van der Waals surface area contributed by atoms with Crippen LogP contribution in [-0.4, -0.2) is 62.5 Å². The first-order chi connectivity index (χ1) is 20.4. The molecule has 3 amide bonds. The highest BCUT2D eigenvalue weighted by atomic mass is 79.9. The first-order valence-electron chi connectivity index (χ1n) is 13.6.